The lowest BCUT2D eigenvalue weighted by Crippen LogP contribution is -2.34. The Morgan fingerprint density at radius 2 is 1.74 bits per heavy atom. The first kappa shape index (κ1) is 26.1. The Morgan fingerprint density at radius 1 is 1.00 bits per heavy atom. The van der Waals surface area contributed by atoms with Gasteiger partial charge in [-0.3, -0.25) is 9.48 Å². The maximum atomic E-state index is 13.4. The molecule has 1 fully saturated rings. The third kappa shape index (κ3) is 6.70. The van der Waals surface area contributed by atoms with Gasteiger partial charge in [-0.05, 0) is 61.8 Å². The number of para-hydroxylation sites is 1. The first-order chi connectivity index (χ1) is 18.9. The van der Waals surface area contributed by atoms with Crippen LogP contribution < -0.4 is 16.0 Å². The minimum Gasteiger partial charge on any atom is -0.465 e. The SMILES string of the molecule is Cn1cc(CNc2ccc(-c3cc(C(=O)NC[C@H]4CC[C@H](CNC(=O)O)CC4)c4ccccc4n3)cn2)cn1. The number of fused-ring (bicyclic) bond motifs is 1. The first-order valence-electron chi connectivity index (χ1n) is 13.3. The van der Waals surface area contributed by atoms with Gasteiger partial charge in [-0.1, -0.05) is 18.2 Å². The van der Waals surface area contributed by atoms with Gasteiger partial charge in [0.05, 0.1) is 23.0 Å². The van der Waals surface area contributed by atoms with E-state index in [1.54, 1.807) is 10.9 Å². The highest BCUT2D eigenvalue weighted by molar-refractivity contribution is 6.07. The molecule has 0 atom stereocenters. The van der Waals surface area contributed by atoms with E-state index >= 15 is 0 Å². The summed E-state index contributed by atoms with van der Waals surface area (Å²) in [5, 5.41) is 22.7. The van der Waals surface area contributed by atoms with Gasteiger partial charge in [0.1, 0.15) is 5.82 Å². The predicted molar refractivity (Wildman–Crippen MR) is 149 cm³/mol. The molecule has 2 amide bonds. The Balaban J connectivity index is 1.25. The number of anilines is 1. The monoisotopic (exact) mass is 527 g/mol. The van der Waals surface area contributed by atoms with Crippen LogP contribution in [-0.2, 0) is 13.6 Å². The molecule has 0 aliphatic heterocycles. The molecule has 4 N–H and O–H groups in total. The first-order valence-corrected chi connectivity index (χ1v) is 13.3. The number of carboxylic acid groups (broad SMARTS) is 1. The van der Waals surface area contributed by atoms with Crippen molar-refractivity contribution in [2.75, 3.05) is 18.4 Å². The molecule has 10 heteroatoms. The van der Waals surface area contributed by atoms with E-state index in [1.807, 2.05) is 61.9 Å². The zero-order chi connectivity index (χ0) is 27.2. The minimum absolute atomic E-state index is 0.118. The molecule has 0 spiro atoms. The van der Waals surface area contributed by atoms with Crippen molar-refractivity contribution in [1.82, 2.24) is 30.4 Å². The normalized spacial score (nSPS) is 17.1. The second-order valence-corrected chi connectivity index (χ2v) is 10.2. The van der Waals surface area contributed by atoms with Crippen LogP contribution in [0.4, 0.5) is 10.6 Å². The van der Waals surface area contributed by atoms with Crippen LogP contribution in [-0.4, -0.2) is 49.9 Å². The van der Waals surface area contributed by atoms with Crippen LogP contribution in [0.2, 0.25) is 0 Å². The van der Waals surface area contributed by atoms with Gasteiger partial charge in [0, 0.05) is 55.6 Å². The molecule has 3 aromatic heterocycles. The van der Waals surface area contributed by atoms with Crippen molar-refractivity contribution in [2.45, 2.75) is 32.2 Å². The van der Waals surface area contributed by atoms with Gasteiger partial charge < -0.3 is 21.1 Å². The van der Waals surface area contributed by atoms with E-state index in [2.05, 4.69) is 26.0 Å². The number of amides is 2. The molecule has 0 saturated heterocycles. The number of nitrogens with one attached hydrogen (secondary N) is 3. The molecule has 1 aliphatic carbocycles. The molecule has 202 valence electrons. The highest BCUT2D eigenvalue weighted by Gasteiger charge is 2.23. The van der Waals surface area contributed by atoms with Crippen molar-refractivity contribution < 1.29 is 14.7 Å². The third-order valence-electron chi connectivity index (χ3n) is 7.31. The fourth-order valence-electron chi connectivity index (χ4n) is 5.12. The lowest BCUT2D eigenvalue weighted by Gasteiger charge is -2.28. The van der Waals surface area contributed by atoms with E-state index < -0.39 is 6.09 Å². The van der Waals surface area contributed by atoms with Gasteiger partial charge in [-0.15, -0.1) is 0 Å². The van der Waals surface area contributed by atoms with Crippen LogP contribution in [0.1, 0.15) is 41.6 Å². The maximum absolute atomic E-state index is 13.4. The maximum Gasteiger partial charge on any atom is 0.404 e. The number of pyridine rings is 2. The standard InChI is InChI=1S/C29H33N7O3/c1-36-18-21(16-34-36)15-30-27-11-10-22(17-31-27)26-12-24(23-4-2-3-5-25(23)35-26)28(37)32-13-19-6-8-20(9-7-19)14-33-29(38)39/h2-5,10-12,16-20,33H,6-9,13-15H2,1H3,(H,30,31)(H,32,37)(H,38,39)/t19-,20-. The summed E-state index contributed by atoms with van der Waals surface area (Å²) < 4.78 is 1.76. The molecule has 10 nitrogen and oxygen atoms in total. The smallest absolute Gasteiger partial charge is 0.404 e. The zero-order valence-corrected chi connectivity index (χ0v) is 21.9. The highest BCUT2D eigenvalue weighted by atomic mass is 16.4. The quantitative estimate of drug-likeness (QED) is 0.253. The number of hydrogen-bond acceptors (Lipinski definition) is 6. The van der Waals surface area contributed by atoms with Crippen molar-refractivity contribution in [3.63, 3.8) is 0 Å². The number of aryl methyl sites for hydroxylation is 1. The molecule has 3 heterocycles. The number of benzene rings is 1. The van der Waals surface area contributed by atoms with E-state index in [9.17, 15) is 9.59 Å². The summed E-state index contributed by atoms with van der Waals surface area (Å²) in [4.78, 5) is 33.4. The van der Waals surface area contributed by atoms with Gasteiger partial charge in [0.25, 0.3) is 5.91 Å². The molecule has 1 aliphatic rings. The summed E-state index contributed by atoms with van der Waals surface area (Å²) >= 11 is 0. The van der Waals surface area contributed by atoms with Crippen LogP contribution in [0.3, 0.4) is 0 Å². The van der Waals surface area contributed by atoms with Crippen molar-refractivity contribution in [3.8, 4) is 11.3 Å². The van der Waals surface area contributed by atoms with Crippen LogP contribution in [0.5, 0.6) is 0 Å². The molecule has 4 aromatic rings. The summed E-state index contributed by atoms with van der Waals surface area (Å²) in [7, 11) is 1.89. The Hall–Kier alpha value is -4.47. The van der Waals surface area contributed by atoms with Gasteiger partial charge in [-0.25, -0.2) is 14.8 Å². The average Bonchev–Trinajstić information content (AvgIpc) is 3.38. The summed E-state index contributed by atoms with van der Waals surface area (Å²) in [6.07, 6.45) is 8.44. The molecule has 1 aromatic carbocycles. The number of carbonyl (C=O) groups is 2. The van der Waals surface area contributed by atoms with Crippen LogP contribution in [0, 0.1) is 11.8 Å². The summed E-state index contributed by atoms with van der Waals surface area (Å²) in [5.41, 5.74) is 3.93. The van der Waals surface area contributed by atoms with Crippen molar-refractivity contribution >= 4 is 28.7 Å². The van der Waals surface area contributed by atoms with Crippen LogP contribution in [0.25, 0.3) is 22.2 Å². The predicted octanol–water partition coefficient (Wildman–Crippen LogP) is 4.45. The number of hydrogen-bond donors (Lipinski definition) is 4. The van der Waals surface area contributed by atoms with Crippen molar-refractivity contribution in [3.05, 3.63) is 72.2 Å². The van der Waals surface area contributed by atoms with E-state index in [-0.39, 0.29) is 5.91 Å². The molecule has 39 heavy (non-hydrogen) atoms. The fraction of sp³-hybridized carbons (Fsp3) is 0.345. The Bertz CT molecular complexity index is 1440. The summed E-state index contributed by atoms with van der Waals surface area (Å²) in [5.74, 6) is 1.38. The average molecular weight is 528 g/mol. The van der Waals surface area contributed by atoms with Crippen LogP contribution >= 0.6 is 0 Å². The van der Waals surface area contributed by atoms with E-state index in [4.69, 9.17) is 10.1 Å². The zero-order valence-electron chi connectivity index (χ0n) is 21.9. The Kier molecular flexibility index (Phi) is 8.00. The molecule has 0 bridgehead atoms. The molecule has 5 rings (SSSR count). The van der Waals surface area contributed by atoms with Crippen LogP contribution in [0.15, 0.2) is 61.1 Å². The van der Waals surface area contributed by atoms with E-state index in [0.717, 1.165) is 53.5 Å². The second kappa shape index (κ2) is 11.9. The summed E-state index contributed by atoms with van der Waals surface area (Å²) in [6.45, 7) is 1.72. The number of rotatable bonds is 9. The minimum atomic E-state index is -0.974. The van der Waals surface area contributed by atoms with Gasteiger partial charge in [0.15, 0.2) is 0 Å². The van der Waals surface area contributed by atoms with E-state index in [1.165, 1.54) is 0 Å². The number of aromatic nitrogens is 4. The molecule has 1 saturated carbocycles. The molecular formula is C29H33N7O3. The largest absolute Gasteiger partial charge is 0.465 e. The Labute approximate surface area is 226 Å². The Morgan fingerprint density at radius 3 is 2.41 bits per heavy atom. The molecule has 0 radical (unpaired) electrons. The second-order valence-electron chi connectivity index (χ2n) is 10.2. The van der Waals surface area contributed by atoms with Gasteiger partial charge in [-0.2, -0.15) is 5.10 Å². The van der Waals surface area contributed by atoms with Gasteiger partial charge >= 0.3 is 6.09 Å². The lowest BCUT2D eigenvalue weighted by atomic mass is 9.82. The molecular weight excluding hydrogens is 494 g/mol. The highest BCUT2D eigenvalue weighted by Crippen LogP contribution is 2.29. The van der Waals surface area contributed by atoms with Gasteiger partial charge in [0.2, 0.25) is 0 Å². The molecule has 0 unspecified atom stereocenters. The lowest BCUT2D eigenvalue weighted by molar-refractivity contribution is 0.0942. The fourth-order valence-corrected chi connectivity index (χ4v) is 5.12. The van der Waals surface area contributed by atoms with E-state index in [0.29, 0.717) is 42.7 Å². The number of nitrogens with zero attached hydrogens (tertiary/aromatic N) is 4. The van der Waals surface area contributed by atoms with Crippen molar-refractivity contribution in [1.29, 1.82) is 0 Å². The topological polar surface area (TPSA) is 134 Å². The van der Waals surface area contributed by atoms with Crippen molar-refractivity contribution in [2.24, 2.45) is 18.9 Å². The third-order valence-corrected chi connectivity index (χ3v) is 7.31. The summed E-state index contributed by atoms with van der Waals surface area (Å²) in [6, 6.07) is 13.4. The number of carbonyl (C=O) groups excluding carboxylic acids is 1.